The third-order valence-electron chi connectivity index (χ3n) is 4.79. The minimum Gasteiger partial charge on any atom is -0.393 e. The van der Waals surface area contributed by atoms with E-state index < -0.39 is 0 Å². The lowest BCUT2D eigenvalue weighted by atomic mass is 10.0. The van der Waals surface area contributed by atoms with Gasteiger partial charge in [0.25, 0.3) is 0 Å². The van der Waals surface area contributed by atoms with Crippen molar-refractivity contribution in [2.24, 2.45) is 0 Å². The van der Waals surface area contributed by atoms with Crippen LogP contribution in [0.2, 0.25) is 0 Å². The molecule has 2 aromatic rings. The van der Waals surface area contributed by atoms with Crippen LogP contribution in [-0.4, -0.2) is 37.8 Å². The molecule has 0 aromatic heterocycles. The van der Waals surface area contributed by atoms with Crippen LogP contribution in [0.4, 0.5) is 5.69 Å². The van der Waals surface area contributed by atoms with Crippen LogP contribution >= 0.6 is 0 Å². The first kappa shape index (κ1) is 30.1. The number of anilines is 1. The first-order valence-electron chi connectivity index (χ1n) is 11.0. The molecule has 3 N–H and O–H groups in total. The number of amides is 1. The fourth-order valence-electron chi connectivity index (χ4n) is 3.30. The number of aliphatic hydroxyl groups is 1. The normalized spacial score (nSPS) is 12.7. The Morgan fingerprint density at radius 1 is 1.18 bits per heavy atom. The smallest absolute Gasteiger partial charge is 0.207 e. The van der Waals surface area contributed by atoms with E-state index in [1.807, 2.05) is 61.7 Å². The zero-order chi connectivity index (χ0) is 25.8. The molecule has 3 rings (SSSR count). The van der Waals surface area contributed by atoms with Gasteiger partial charge in [0.05, 0.1) is 6.10 Å². The van der Waals surface area contributed by atoms with Crippen LogP contribution in [0.15, 0.2) is 72.9 Å². The molecule has 5 heteroatoms. The van der Waals surface area contributed by atoms with E-state index >= 15 is 0 Å². The van der Waals surface area contributed by atoms with Crippen molar-refractivity contribution in [1.29, 1.82) is 0 Å². The number of hydrogen-bond acceptors (Lipinski definition) is 4. The molecule has 34 heavy (non-hydrogen) atoms. The van der Waals surface area contributed by atoms with Gasteiger partial charge in [-0.2, -0.15) is 0 Å². The number of carbonyl (C=O) groups excluding carboxylic acids is 1. The van der Waals surface area contributed by atoms with Crippen molar-refractivity contribution in [1.82, 2.24) is 10.6 Å². The van der Waals surface area contributed by atoms with Gasteiger partial charge in [0.1, 0.15) is 0 Å². The Morgan fingerprint density at radius 3 is 2.35 bits per heavy atom. The predicted octanol–water partition coefficient (Wildman–Crippen LogP) is 4.22. The van der Waals surface area contributed by atoms with E-state index in [9.17, 15) is 9.90 Å². The first-order chi connectivity index (χ1) is 16.5. The average molecular weight is 460 g/mol. The van der Waals surface area contributed by atoms with Gasteiger partial charge in [0.15, 0.2) is 0 Å². The number of para-hydroxylation sites is 1. The molecule has 0 spiro atoms. The van der Waals surface area contributed by atoms with Gasteiger partial charge in [0, 0.05) is 37.2 Å². The lowest BCUT2D eigenvalue weighted by molar-refractivity contribution is -0.109. The number of aliphatic hydroxyl groups excluding tert-OH is 1. The van der Waals surface area contributed by atoms with Crippen LogP contribution < -0.4 is 15.5 Å². The summed E-state index contributed by atoms with van der Waals surface area (Å²) in [6.45, 7) is 7.12. The highest BCUT2D eigenvalue weighted by Crippen LogP contribution is 2.25. The average Bonchev–Trinajstić information content (AvgIpc) is 3.35. The molecule has 0 saturated carbocycles. The van der Waals surface area contributed by atoms with Crippen molar-refractivity contribution in [3.05, 3.63) is 84.1 Å². The van der Waals surface area contributed by atoms with E-state index in [1.165, 1.54) is 18.5 Å². The molecule has 1 unspecified atom stereocenters. The molecular weight excluding hydrogens is 422 g/mol. The van der Waals surface area contributed by atoms with Gasteiger partial charge in [-0.3, -0.25) is 4.79 Å². The summed E-state index contributed by atoms with van der Waals surface area (Å²) in [5, 5.41) is 15.4. The molecule has 1 aliphatic heterocycles. The summed E-state index contributed by atoms with van der Waals surface area (Å²) in [5.41, 5.74) is 5.40. The highest BCUT2D eigenvalue weighted by molar-refractivity contribution is 5.79. The molecule has 0 bridgehead atoms. The standard InChI is InChI=1S/C20H24N2O2.C5H9N.2C2H2/c1-16(24)13-17-7-6-8-18(14-17)20(11-12-21-15-23)22(2)19-9-4-3-5-10-19;1-5-3-2-4-6-5;2*1-2/h3-11,14-16,24H,12-13H2,1-2H3,(H,21,23);6H,1-4H2;2*1-2H/b20-11-;;;. The molecule has 1 aliphatic rings. The van der Waals surface area contributed by atoms with Crippen LogP contribution in [0.25, 0.3) is 5.70 Å². The molecule has 5 nitrogen and oxygen atoms in total. The Kier molecular flexibility index (Phi) is 16.5. The minimum absolute atomic E-state index is 0.378. The van der Waals surface area contributed by atoms with Crippen LogP contribution in [0, 0.1) is 25.7 Å². The van der Waals surface area contributed by atoms with Gasteiger partial charge in [-0.05, 0) is 61.6 Å². The number of hydrogen-bond donors (Lipinski definition) is 3. The summed E-state index contributed by atoms with van der Waals surface area (Å²) in [6, 6.07) is 18.2. The Labute approximate surface area is 205 Å². The number of nitrogens with one attached hydrogen (secondary N) is 2. The molecule has 0 radical (unpaired) electrons. The van der Waals surface area contributed by atoms with Crippen LogP contribution in [-0.2, 0) is 11.2 Å². The van der Waals surface area contributed by atoms with E-state index in [2.05, 4.69) is 53.9 Å². The molecule has 1 saturated heterocycles. The molecule has 2 aromatic carbocycles. The van der Waals surface area contributed by atoms with E-state index in [4.69, 9.17) is 0 Å². The lowest BCUT2D eigenvalue weighted by Crippen LogP contribution is -2.18. The van der Waals surface area contributed by atoms with E-state index in [1.54, 1.807) is 6.92 Å². The zero-order valence-corrected chi connectivity index (χ0v) is 20.3. The highest BCUT2D eigenvalue weighted by Gasteiger charge is 2.10. The molecule has 1 atom stereocenters. The number of benzene rings is 2. The fraction of sp³-hybridized carbons (Fsp3) is 0.276. The molecular formula is C29H37N3O2. The maximum atomic E-state index is 10.6. The van der Waals surface area contributed by atoms with Crippen molar-refractivity contribution in [2.45, 2.75) is 32.3 Å². The third-order valence-corrected chi connectivity index (χ3v) is 4.79. The van der Waals surface area contributed by atoms with Gasteiger partial charge < -0.3 is 20.6 Å². The molecule has 1 amide bonds. The molecule has 1 fully saturated rings. The van der Waals surface area contributed by atoms with E-state index in [-0.39, 0.29) is 6.10 Å². The van der Waals surface area contributed by atoms with Gasteiger partial charge in [-0.15, -0.1) is 25.7 Å². The largest absolute Gasteiger partial charge is 0.393 e. The van der Waals surface area contributed by atoms with Gasteiger partial charge >= 0.3 is 0 Å². The molecule has 1 heterocycles. The zero-order valence-electron chi connectivity index (χ0n) is 20.3. The fourth-order valence-corrected chi connectivity index (χ4v) is 3.30. The Hall–Kier alpha value is -3.93. The second-order valence-corrected chi connectivity index (χ2v) is 7.40. The van der Waals surface area contributed by atoms with Crippen molar-refractivity contribution < 1.29 is 9.90 Å². The predicted molar refractivity (Wildman–Crippen MR) is 145 cm³/mol. The van der Waals surface area contributed by atoms with Crippen LogP contribution in [0.3, 0.4) is 0 Å². The van der Waals surface area contributed by atoms with Crippen LogP contribution in [0.1, 0.15) is 30.9 Å². The number of nitrogens with zero attached hydrogens (tertiary/aromatic N) is 1. The van der Waals surface area contributed by atoms with Gasteiger partial charge in [0.2, 0.25) is 6.41 Å². The molecule has 0 aliphatic carbocycles. The number of rotatable bonds is 8. The van der Waals surface area contributed by atoms with Crippen LogP contribution in [0.5, 0.6) is 0 Å². The monoisotopic (exact) mass is 459 g/mol. The van der Waals surface area contributed by atoms with E-state index in [0.29, 0.717) is 19.4 Å². The van der Waals surface area contributed by atoms with Crippen molar-refractivity contribution in [3.8, 4) is 25.7 Å². The Balaban J connectivity index is 0.000000916. The molecule has 180 valence electrons. The summed E-state index contributed by atoms with van der Waals surface area (Å²) in [7, 11) is 2.00. The maximum absolute atomic E-state index is 10.6. The van der Waals surface area contributed by atoms with Gasteiger partial charge in [-0.1, -0.05) is 43.0 Å². The van der Waals surface area contributed by atoms with Gasteiger partial charge in [-0.25, -0.2) is 0 Å². The quantitative estimate of drug-likeness (QED) is 0.314. The Morgan fingerprint density at radius 2 is 1.85 bits per heavy atom. The second-order valence-electron chi connectivity index (χ2n) is 7.40. The minimum atomic E-state index is -0.378. The van der Waals surface area contributed by atoms with E-state index in [0.717, 1.165) is 29.1 Å². The lowest BCUT2D eigenvalue weighted by Gasteiger charge is -2.24. The number of terminal acetylenes is 2. The summed E-state index contributed by atoms with van der Waals surface area (Å²) in [5.74, 6) is 0. The van der Waals surface area contributed by atoms with Crippen molar-refractivity contribution >= 4 is 17.8 Å². The second kappa shape index (κ2) is 18.6. The SMILES string of the molecule is C#C.C#C.C=C1CCCN1.CC(O)Cc1cccc(/C(=C/CNC=O)N(C)c2ccccc2)c1. The number of carbonyl (C=O) groups is 1. The first-order valence-corrected chi connectivity index (χ1v) is 11.0. The summed E-state index contributed by atoms with van der Waals surface area (Å²) < 4.78 is 0. The van der Waals surface area contributed by atoms with Crippen molar-refractivity contribution in [3.63, 3.8) is 0 Å². The Bertz CT molecular complexity index is 900. The highest BCUT2D eigenvalue weighted by atomic mass is 16.3. The maximum Gasteiger partial charge on any atom is 0.207 e. The topological polar surface area (TPSA) is 64.6 Å². The summed E-state index contributed by atoms with van der Waals surface area (Å²) in [4.78, 5) is 12.6. The van der Waals surface area contributed by atoms with Crippen molar-refractivity contribution in [2.75, 3.05) is 25.0 Å². The number of allylic oxidation sites excluding steroid dienone is 1. The summed E-state index contributed by atoms with van der Waals surface area (Å²) >= 11 is 0. The third kappa shape index (κ3) is 11.6. The summed E-state index contributed by atoms with van der Waals surface area (Å²) in [6.07, 6.45) is 21.4.